The number of fused-ring (bicyclic) bond motifs is 2. The first kappa shape index (κ1) is 16.5. The average molecular weight is 354 g/mol. The molecular formula is C20H22N2O2S. The summed E-state index contributed by atoms with van der Waals surface area (Å²) in [5, 5.41) is 3.46. The predicted molar refractivity (Wildman–Crippen MR) is 99.7 cm³/mol. The van der Waals surface area contributed by atoms with Crippen LogP contribution in [0.3, 0.4) is 0 Å². The molecule has 1 N–H and O–H groups in total. The van der Waals surface area contributed by atoms with Crippen molar-refractivity contribution in [1.82, 2.24) is 4.98 Å². The Hall–Kier alpha value is -2.01. The van der Waals surface area contributed by atoms with Crippen LogP contribution in [0.4, 0.5) is 5.13 Å². The molecule has 0 saturated heterocycles. The molecule has 4 nitrogen and oxygen atoms in total. The third-order valence-electron chi connectivity index (χ3n) is 5.57. The molecule has 2 fully saturated rings. The summed E-state index contributed by atoms with van der Waals surface area (Å²) < 4.78 is 0. The molecule has 4 rings (SSSR count). The number of nitrogens with one attached hydrogen (secondary N) is 1. The van der Waals surface area contributed by atoms with E-state index >= 15 is 0 Å². The van der Waals surface area contributed by atoms with Gasteiger partial charge in [0.1, 0.15) is 0 Å². The number of carbonyl (C=O) groups excluding carboxylic acids is 2. The van der Waals surface area contributed by atoms with Crippen LogP contribution in [0.25, 0.3) is 11.3 Å². The Labute approximate surface area is 151 Å². The van der Waals surface area contributed by atoms with Crippen LogP contribution in [-0.2, 0) is 4.79 Å². The number of thiazole rings is 1. The van der Waals surface area contributed by atoms with Gasteiger partial charge < -0.3 is 5.32 Å². The van der Waals surface area contributed by atoms with Crippen molar-refractivity contribution in [2.75, 3.05) is 5.32 Å². The number of Topliss-reactive ketones (excluding diaryl/α,β-unsaturated/α-hetero) is 1. The van der Waals surface area contributed by atoms with E-state index in [0.29, 0.717) is 28.0 Å². The Bertz CT molecular complexity index is 799. The number of carbonyl (C=O) groups is 2. The Morgan fingerprint density at radius 2 is 2.00 bits per heavy atom. The van der Waals surface area contributed by atoms with Crippen LogP contribution in [0.5, 0.6) is 0 Å². The summed E-state index contributed by atoms with van der Waals surface area (Å²) in [5.74, 6) is 2.11. The maximum Gasteiger partial charge on any atom is 0.226 e. The Morgan fingerprint density at radius 3 is 2.64 bits per heavy atom. The minimum absolute atomic E-state index is 0.0232. The maximum atomic E-state index is 12.4. The summed E-state index contributed by atoms with van der Waals surface area (Å²) in [5.41, 5.74) is 1.56. The number of benzene rings is 1. The molecule has 25 heavy (non-hydrogen) atoms. The SMILES string of the molecule is CC(=O)c1sc(NC(=O)C[C@@H]2C[C@H]3CC[C@@H]2C3)nc1-c1ccccc1. The smallest absolute Gasteiger partial charge is 0.226 e. The summed E-state index contributed by atoms with van der Waals surface area (Å²) in [7, 11) is 0. The molecular weight excluding hydrogens is 332 g/mol. The molecule has 0 aliphatic heterocycles. The van der Waals surface area contributed by atoms with Gasteiger partial charge in [-0.25, -0.2) is 4.98 Å². The monoisotopic (exact) mass is 354 g/mol. The highest BCUT2D eigenvalue weighted by Gasteiger charge is 2.40. The van der Waals surface area contributed by atoms with Gasteiger partial charge >= 0.3 is 0 Å². The molecule has 2 aliphatic carbocycles. The van der Waals surface area contributed by atoms with E-state index in [1.807, 2.05) is 30.3 Å². The fourth-order valence-corrected chi connectivity index (χ4v) is 5.34. The van der Waals surface area contributed by atoms with Gasteiger partial charge in [-0.15, -0.1) is 0 Å². The normalized spacial score (nSPS) is 24.4. The average Bonchev–Trinajstić information content (AvgIpc) is 3.30. The molecule has 2 aromatic rings. The lowest BCUT2D eigenvalue weighted by Gasteiger charge is -2.20. The van der Waals surface area contributed by atoms with E-state index in [2.05, 4.69) is 10.3 Å². The lowest BCUT2D eigenvalue weighted by molar-refractivity contribution is -0.117. The first-order valence-corrected chi connectivity index (χ1v) is 9.79. The third kappa shape index (κ3) is 3.38. The van der Waals surface area contributed by atoms with Gasteiger partial charge in [-0.2, -0.15) is 0 Å². The van der Waals surface area contributed by atoms with Crippen LogP contribution in [0.2, 0.25) is 0 Å². The van der Waals surface area contributed by atoms with E-state index < -0.39 is 0 Å². The molecule has 1 aromatic carbocycles. The van der Waals surface area contributed by atoms with Gasteiger partial charge in [0.05, 0.1) is 10.6 Å². The highest BCUT2D eigenvalue weighted by atomic mass is 32.1. The van der Waals surface area contributed by atoms with E-state index in [0.717, 1.165) is 17.4 Å². The zero-order valence-corrected chi connectivity index (χ0v) is 15.1. The van der Waals surface area contributed by atoms with Gasteiger partial charge in [0, 0.05) is 18.9 Å². The van der Waals surface area contributed by atoms with Gasteiger partial charge in [0.25, 0.3) is 0 Å². The number of ketones is 1. The Morgan fingerprint density at radius 1 is 1.20 bits per heavy atom. The van der Waals surface area contributed by atoms with Crippen molar-refractivity contribution in [1.29, 1.82) is 0 Å². The number of aromatic nitrogens is 1. The zero-order chi connectivity index (χ0) is 17.4. The topological polar surface area (TPSA) is 59.1 Å². The molecule has 1 amide bonds. The predicted octanol–water partition coefficient (Wildman–Crippen LogP) is 4.78. The number of nitrogens with zero attached hydrogens (tertiary/aromatic N) is 1. The first-order valence-electron chi connectivity index (χ1n) is 8.97. The van der Waals surface area contributed by atoms with Crippen LogP contribution in [0.1, 0.15) is 48.7 Å². The standard InChI is InChI=1S/C20H22N2O2S/c1-12(23)19-18(14-5-3-2-4-6-14)22-20(25-19)21-17(24)11-16-10-13-7-8-15(16)9-13/h2-6,13,15-16H,7-11H2,1H3,(H,21,22,24)/t13-,15+,16-/m0/s1. The van der Waals surface area contributed by atoms with E-state index in [9.17, 15) is 9.59 Å². The number of amides is 1. The minimum Gasteiger partial charge on any atom is -0.302 e. The van der Waals surface area contributed by atoms with Crippen LogP contribution < -0.4 is 5.32 Å². The molecule has 0 unspecified atom stereocenters. The molecule has 0 radical (unpaired) electrons. The second-order valence-corrected chi connectivity index (χ2v) is 8.31. The van der Waals surface area contributed by atoms with Crippen LogP contribution in [-0.4, -0.2) is 16.7 Å². The lowest BCUT2D eigenvalue weighted by Crippen LogP contribution is -2.20. The summed E-state index contributed by atoms with van der Waals surface area (Å²) in [6.07, 6.45) is 5.72. The first-order chi connectivity index (χ1) is 12.1. The molecule has 130 valence electrons. The third-order valence-corrected chi connectivity index (χ3v) is 6.64. The van der Waals surface area contributed by atoms with Crippen molar-refractivity contribution < 1.29 is 9.59 Å². The van der Waals surface area contributed by atoms with Crippen molar-refractivity contribution in [3.8, 4) is 11.3 Å². The number of hydrogen-bond donors (Lipinski definition) is 1. The van der Waals surface area contributed by atoms with E-state index in [1.165, 1.54) is 37.0 Å². The quantitative estimate of drug-likeness (QED) is 0.786. The van der Waals surface area contributed by atoms with Crippen LogP contribution >= 0.6 is 11.3 Å². The van der Waals surface area contributed by atoms with Crippen LogP contribution in [0.15, 0.2) is 30.3 Å². The second-order valence-electron chi connectivity index (χ2n) is 7.31. The zero-order valence-electron chi connectivity index (χ0n) is 14.3. The van der Waals surface area contributed by atoms with Crippen molar-refractivity contribution >= 4 is 28.2 Å². The summed E-state index contributed by atoms with van der Waals surface area (Å²) >= 11 is 1.27. The van der Waals surface area contributed by atoms with E-state index in [1.54, 1.807) is 6.92 Å². The molecule has 1 aromatic heterocycles. The highest BCUT2D eigenvalue weighted by molar-refractivity contribution is 7.18. The number of hydrogen-bond acceptors (Lipinski definition) is 4. The van der Waals surface area contributed by atoms with Crippen molar-refractivity contribution in [3.63, 3.8) is 0 Å². The van der Waals surface area contributed by atoms with E-state index in [4.69, 9.17) is 0 Å². The van der Waals surface area contributed by atoms with Gasteiger partial charge in [0.15, 0.2) is 10.9 Å². The van der Waals surface area contributed by atoms with Crippen molar-refractivity contribution in [2.45, 2.75) is 39.0 Å². The fraction of sp³-hybridized carbons (Fsp3) is 0.450. The summed E-state index contributed by atoms with van der Waals surface area (Å²) in [6.45, 7) is 1.54. The summed E-state index contributed by atoms with van der Waals surface area (Å²) in [4.78, 5) is 29.5. The van der Waals surface area contributed by atoms with Gasteiger partial charge in [-0.05, 0) is 37.0 Å². The molecule has 2 bridgehead atoms. The van der Waals surface area contributed by atoms with E-state index in [-0.39, 0.29) is 11.7 Å². The number of anilines is 1. The van der Waals surface area contributed by atoms with Gasteiger partial charge in [-0.1, -0.05) is 48.1 Å². The largest absolute Gasteiger partial charge is 0.302 e. The van der Waals surface area contributed by atoms with Crippen molar-refractivity contribution in [2.24, 2.45) is 17.8 Å². The second kappa shape index (κ2) is 6.71. The summed E-state index contributed by atoms with van der Waals surface area (Å²) in [6, 6.07) is 9.64. The van der Waals surface area contributed by atoms with Gasteiger partial charge in [-0.3, -0.25) is 9.59 Å². The lowest BCUT2D eigenvalue weighted by atomic mass is 9.86. The molecule has 3 atom stereocenters. The van der Waals surface area contributed by atoms with Crippen LogP contribution in [0, 0.1) is 17.8 Å². The fourth-order valence-electron chi connectivity index (χ4n) is 4.44. The molecule has 5 heteroatoms. The Kier molecular flexibility index (Phi) is 4.42. The molecule has 2 aliphatic rings. The molecule has 1 heterocycles. The van der Waals surface area contributed by atoms with Crippen molar-refractivity contribution in [3.05, 3.63) is 35.2 Å². The minimum atomic E-state index is -0.0232. The van der Waals surface area contributed by atoms with Gasteiger partial charge in [0.2, 0.25) is 5.91 Å². The number of rotatable bonds is 5. The molecule has 0 spiro atoms. The molecule has 2 saturated carbocycles. The maximum absolute atomic E-state index is 12.4. The Balaban J connectivity index is 1.49. The highest BCUT2D eigenvalue weighted by Crippen LogP contribution is 2.49.